The summed E-state index contributed by atoms with van der Waals surface area (Å²) in [5.41, 5.74) is 12.2. The van der Waals surface area contributed by atoms with Gasteiger partial charge < -0.3 is 31.4 Å². The van der Waals surface area contributed by atoms with Crippen LogP contribution in [-0.4, -0.2) is 58.0 Å². The highest BCUT2D eigenvalue weighted by molar-refractivity contribution is 5.86. The number of halogens is 2. The Balaban J connectivity index is 2.03. The van der Waals surface area contributed by atoms with Gasteiger partial charge in [0.05, 0.1) is 18.5 Å². The van der Waals surface area contributed by atoms with Crippen LogP contribution in [0.4, 0.5) is 8.78 Å². The molecule has 226 valence electrons. The van der Waals surface area contributed by atoms with Crippen LogP contribution in [0.3, 0.4) is 0 Å². The number of hydrogen-bond donors (Lipinski definition) is 4. The van der Waals surface area contributed by atoms with E-state index in [2.05, 4.69) is 5.32 Å². The second-order valence-corrected chi connectivity index (χ2v) is 11.3. The van der Waals surface area contributed by atoms with Gasteiger partial charge >= 0.3 is 0 Å². The number of nitrogens with zero attached hydrogens (tertiary/aromatic N) is 2. The minimum absolute atomic E-state index is 0.0897. The molecule has 2 aromatic carbocycles. The van der Waals surface area contributed by atoms with Gasteiger partial charge in [-0.2, -0.15) is 0 Å². The average Bonchev–Trinajstić information content (AvgIpc) is 3.32. The molecule has 2 atom stereocenters. The van der Waals surface area contributed by atoms with E-state index in [1.807, 2.05) is 55.7 Å². The van der Waals surface area contributed by atoms with E-state index in [4.69, 9.17) is 11.5 Å². The molecule has 0 aliphatic heterocycles. The maximum Gasteiger partial charge on any atom is 0.248 e. The maximum atomic E-state index is 14.9. The molecule has 3 aromatic rings. The first-order valence-corrected chi connectivity index (χ1v) is 13.7. The van der Waals surface area contributed by atoms with Crippen LogP contribution >= 0.6 is 0 Å². The number of hydrogen-bond acceptors (Lipinski definition) is 5. The van der Waals surface area contributed by atoms with Crippen LogP contribution in [0.5, 0.6) is 0 Å². The fourth-order valence-electron chi connectivity index (χ4n) is 5.10. The molecule has 1 heterocycles. The fourth-order valence-corrected chi connectivity index (χ4v) is 5.10. The second kappa shape index (κ2) is 14.2. The van der Waals surface area contributed by atoms with Crippen LogP contribution in [-0.2, 0) is 20.9 Å². The van der Waals surface area contributed by atoms with Crippen LogP contribution in [0.25, 0.3) is 11.1 Å². The Labute approximate surface area is 244 Å². The van der Waals surface area contributed by atoms with Crippen LogP contribution in [0.2, 0.25) is 0 Å². The zero-order chi connectivity index (χ0) is 31.0. The number of nitrogens with one attached hydrogen (secondary N) is 1. The molecule has 9 nitrogen and oxygen atoms in total. The largest absolute Gasteiger partial charge is 0.387 e. The highest BCUT2D eigenvalue weighted by Crippen LogP contribution is 2.41. The summed E-state index contributed by atoms with van der Waals surface area (Å²) in [6, 6.07) is 13.1. The Bertz CT molecular complexity index is 1390. The number of nitrogens with two attached hydrogens (primary N) is 2. The molecule has 0 radical (unpaired) electrons. The molecule has 0 spiro atoms. The maximum absolute atomic E-state index is 14.9. The molecule has 42 heavy (non-hydrogen) atoms. The van der Waals surface area contributed by atoms with Crippen LogP contribution in [0, 0.1) is 17.0 Å². The quantitative estimate of drug-likeness (QED) is 0.216. The van der Waals surface area contributed by atoms with E-state index < -0.39 is 53.5 Å². The lowest BCUT2D eigenvalue weighted by atomic mass is 9.83. The van der Waals surface area contributed by atoms with E-state index in [9.17, 15) is 28.3 Å². The van der Waals surface area contributed by atoms with Gasteiger partial charge in [0.15, 0.2) is 0 Å². The third kappa shape index (κ3) is 8.46. The van der Waals surface area contributed by atoms with Crippen molar-refractivity contribution in [3.8, 4) is 11.1 Å². The Morgan fingerprint density at radius 1 is 1.05 bits per heavy atom. The molecule has 0 fully saturated rings. The van der Waals surface area contributed by atoms with Gasteiger partial charge in [-0.05, 0) is 48.2 Å². The predicted octanol–water partition coefficient (Wildman–Crippen LogP) is 3.10. The van der Waals surface area contributed by atoms with E-state index in [0.717, 1.165) is 23.8 Å². The Morgan fingerprint density at radius 3 is 2.33 bits per heavy atom. The van der Waals surface area contributed by atoms with Gasteiger partial charge in [-0.15, -0.1) is 0 Å². The molecule has 0 aliphatic rings. The molecule has 0 unspecified atom stereocenters. The predicted molar refractivity (Wildman–Crippen MR) is 156 cm³/mol. The first-order valence-electron chi connectivity index (χ1n) is 13.7. The normalized spacial score (nSPS) is 13.0. The monoisotopic (exact) mass is 583 g/mol. The van der Waals surface area contributed by atoms with Crippen molar-refractivity contribution in [3.63, 3.8) is 0 Å². The summed E-state index contributed by atoms with van der Waals surface area (Å²) in [4.78, 5) is 37.7. The SMILES string of the molecule is CC(C)(C)[C@H](c1cc(-c2cc(F)ccc2F)cn1Cc1ccccc1)N(CCCN[C@@H](CC(N)=O)C(N)=O)C(=O)CO. The standard InChI is InChI=1S/C31H39F2N5O4/c1-31(2,3)29(38(28(41)19-39)13-7-12-36-25(30(35)42)16-27(34)40)26-14-21(23-15-22(32)10-11-24(23)33)18-37(26)17-20-8-5-4-6-9-20/h4-6,8-11,14-15,18,25,29,36,39H,7,12-13,16-17,19H2,1-3H3,(H2,34,40)(H2,35,42)/t25-,29-/m0/s1. The Morgan fingerprint density at radius 2 is 1.74 bits per heavy atom. The minimum Gasteiger partial charge on any atom is -0.387 e. The summed E-state index contributed by atoms with van der Waals surface area (Å²) in [6.07, 6.45) is 1.83. The summed E-state index contributed by atoms with van der Waals surface area (Å²) in [5.74, 6) is -3.08. The Hall–Kier alpha value is -4.09. The fraction of sp³-hybridized carbons (Fsp3) is 0.387. The summed E-state index contributed by atoms with van der Waals surface area (Å²) in [6.45, 7) is 5.92. The van der Waals surface area contributed by atoms with Gasteiger partial charge in [-0.1, -0.05) is 51.1 Å². The smallest absolute Gasteiger partial charge is 0.248 e. The molecule has 6 N–H and O–H groups in total. The van der Waals surface area contributed by atoms with E-state index in [-0.39, 0.29) is 25.1 Å². The van der Waals surface area contributed by atoms with Gasteiger partial charge in [0.1, 0.15) is 18.2 Å². The molecule has 0 saturated carbocycles. The summed E-state index contributed by atoms with van der Waals surface area (Å²) in [5, 5.41) is 12.8. The zero-order valence-corrected chi connectivity index (χ0v) is 24.1. The number of amides is 3. The topological polar surface area (TPSA) is 144 Å². The average molecular weight is 584 g/mol. The minimum atomic E-state index is -0.949. The molecular weight excluding hydrogens is 544 g/mol. The van der Waals surface area contributed by atoms with E-state index >= 15 is 0 Å². The van der Waals surface area contributed by atoms with Crippen molar-refractivity contribution in [3.05, 3.63) is 83.7 Å². The summed E-state index contributed by atoms with van der Waals surface area (Å²) < 4.78 is 30.9. The molecule has 1 aromatic heterocycles. The van der Waals surface area contributed by atoms with Crippen LogP contribution in [0.15, 0.2) is 60.8 Å². The number of aliphatic hydroxyl groups excluding tert-OH is 1. The summed E-state index contributed by atoms with van der Waals surface area (Å²) >= 11 is 0. The van der Waals surface area contributed by atoms with Crippen LogP contribution in [0.1, 0.15) is 50.9 Å². The molecular formula is C31H39F2N5O4. The number of aliphatic hydroxyl groups is 1. The third-order valence-electron chi connectivity index (χ3n) is 6.95. The lowest BCUT2D eigenvalue weighted by Crippen LogP contribution is -2.46. The van der Waals surface area contributed by atoms with Crippen molar-refractivity contribution in [1.29, 1.82) is 0 Å². The molecule has 11 heteroatoms. The number of carbonyl (C=O) groups is 3. The molecule has 0 aliphatic carbocycles. The van der Waals surface area contributed by atoms with Gasteiger partial charge in [0, 0.05) is 36.1 Å². The van der Waals surface area contributed by atoms with Crippen molar-refractivity contribution in [2.45, 2.75) is 52.2 Å². The second-order valence-electron chi connectivity index (χ2n) is 11.3. The van der Waals surface area contributed by atoms with E-state index in [0.29, 0.717) is 24.2 Å². The molecule has 0 saturated heterocycles. The first-order chi connectivity index (χ1) is 19.8. The lowest BCUT2D eigenvalue weighted by Gasteiger charge is -2.41. The van der Waals surface area contributed by atoms with Gasteiger partial charge in [0.2, 0.25) is 17.7 Å². The van der Waals surface area contributed by atoms with Crippen molar-refractivity contribution in [1.82, 2.24) is 14.8 Å². The highest BCUT2D eigenvalue weighted by atomic mass is 19.1. The first kappa shape index (κ1) is 32.4. The van der Waals surface area contributed by atoms with Crippen LogP contribution < -0.4 is 16.8 Å². The van der Waals surface area contributed by atoms with Crippen molar-refractivity contribution in [2.75, 3.05) is 19.7 Å². The number of rotatable bonds is 14. The highest BCUT2D eigenvalue weighted by Gasteiger charge is 2.37. The summed E-state index contributed by atoms with van der Waals surface area (Å²) in [7, 11) is 0. The van der Waals surface area contributed by atoms with Crippen molar-refractivity contribution in [2.24, 2.45) is 16.9 Å². The molecule has 3 amide bonds. The molecule has 0 bridgehead atoms. The van der Waals surface area contributed by atoms with Crippen molar-refractivity contribution < 1.29 is 28.3 Å². The number of aromatic nitrogens is 1. The number of primary amides is 2. The van der Waals surface area contributed by atoms with Gasteiger partial charge in [0.25, 0.3) is 0 Å². The lowest BCUT2D eigenvalue weighted by molar-refractivity contribution is -0.139. The van der Waals surface area contributed by atoms with Gasteiger partial charge in [-0.25, -0.2) is 8.78 Å². The molecule has 3 rings (SSSR count). The Kier molecular flexibility index (Phi) is 11.0. The van der Waals surface area contributed by atoms with E-state index in [1.54, 1.807) is 17.2 Å². The van der Waals surface area contributed by atoms with Gasteiger partial charge in [-0.3, -0.25) is 14.4 Å². The van der Waals surface area contributed by atoms with Crippen molar-refractivity contribution >= 4 is 17.7 Å². The number of carbonyl (C=O) groups excluding carboxylic acids is 3. The zero-order valence-electron chi connectivity index (χ0n) is 24.1. The third-order valence-corrected chi connectivity index (χ3v) is 6.95. The number of benzene rings is 2. The van der Waals surface area contributed by atoms with E-state index in [1.165, 1.54) is 0 Å².